The number of aryl methyl sites for hydroxylation is 8. The Hall–Kier alpha value is -10.8. The molecule has 0 fully saturated rings. The van der Waals surface area contributed by atoms with Crippen LogP contribution in [-0.4, -0.2) is 92.5 Å². The number of rotatable bonds is 19. The molecular formula is C85H95F2N7O12. The van der Waals surface area contributed by atoms with Crippen molar-refractivity contribution in [3.63, 3.8) is 0 Å². The smallest absolute Gasteiger partial charge is 0.316 e. The molecule has 0 saturated carbocycles. The molecule has 3 aliphatic carbocycles. The summed E-state index contributed by atoms with van der Waals surface area (Å²) < 4.78 is 44.1. The first-order chi connectivity index (χ1) is 49.8. The van der Waals surface area contributed by atoms with Gasteiger partial charge in [0.15, 0.2) is 17.3 Å². The van der Waals surface area contributed by atoms with Gasteiger partial charge in [0.1, 0.15) is 40.2 Å². The van der Waals surface area contributed by atoms with Crippen LogP contribution in [0.4, 0.5) is 8.78 Å². The van der Waals surface area contributed by atoms with E-state index in [-0.39, 0.29) is 72.7 Å². The van der Waals surface area contributed by atoms with Gasteiger partial charge in [-0.15, -0.1) is 0 Å². The van der Waals surface area contributed by atoms with Crippen molar-refractivity contribution in [1.29, 1.82) is 0 Å². The highest BCUT2D eigenvalue weighted by Gasteiger charge is 2.42. The summed E-state index contributed by atoms with van der Waals surface area (Å²) in [4.78, 5) is 132. The Morgan fingerprint density at radius 3 is 1.06 bits per heavy atom. The maximum atomic E-state index is 13.8. The Kier molecular flexibility index (Phi) is 26.2. The van der Waals surface area contributed by atoms with Crippen molar-refractivity contribution in [3.05, 3.63) is 229 Å². The molecular weight excluding hydrogens is 1350 g/mol. The quantitative estimate of drug-likeness (QED) is 0.0386. The van der Waals surface area contributed by atoms with E-state index in [1.165, 1.54) is 18.2 Å². The van der Waals surface area contributed by atoms with Gasteiger partial charge in [-0.1, -0.05) is 53.6 Å². The number of nitrogens with one attached hydrogen (secondary N) is 3. The minimum Gasteiger partial charge on any atom is -0.430 e. The van der Waals surface area contributed by atoms with Crippen LogP contribution in [0.5, 0.6) is 0 Å². The van der Waals surface area contributed by atoms with E-state index in [1.54, 1.807) is 117 Å². The number of ether oxygens (including phenoxy) is 3. The normalized spacial score (nSPS) is 15.9. The minimum atomic E-state index is -0.752. The second kappa shape index (κ2) is 34.4. The summed E-state index contributed by atoms with van der Waals surface area (Å²) >= 11 is 0. The molecule has 3 amide bonds. The van der Waals surface area contributed by atoms with Crippen LogP contribution in [0, 0.1) is 101 Å². The van der Waals surface area contributed by atoms with E-state index in [9.17, 15) is 51.9 Å². The zero-order valence-corrected chi connectivity index (χ0v) is 63.6. The molecule has 7 aromatic rings. The molecule has 0 saturated heterocycles. The van der Waals surface area contributed by atoms with Gasteiger partial charge in [0.05, 0.1) is 44.9 Å². The van der Waals surface area contributed by atoms with E-state index in [2.05, 4.69) is 35.9 Å². The summed E-state index contributed by atoms with van der Waals surface area (Å²) in [5.41, 5.74) is 11.2. The number of halogens is 2. The summed E-state index contributed by atoms with van der Waals surface area (Å²) in [6.45, 7) is 32.4. The molecule has 3 unspecified atom stereocenters. The number of carbonyl (C=O) groups is 9. The fourth-order valence-corrected chi connectivity index (χ4v) is 12.9. The molecule has 4 aromatic heterocycles. The summed E-state index contributed by atoms with van der Waals surface area (Å²) in [6.07, 6.45) is 6.32. The molecule has 21 heteroatoms. The van der Waals surface area contributed by atoms with Gasteiger partial charge in [-0.25, -0.2) is 9.37 Å². The van der Waals surface area contributed by atoms with Crippen molar-refractivity contribution in [3.8, 4) is 11.3 Å². The largest absolute Gasteiger partial charge is 0.430 e. The van der Waals surface area contributed by atoms with Gasteiger partial charge in [0.25, 0.3) is 17.7 Å². The number of Topliss-reactive ketones (excluding diaryl/α,β-unsaturated/α-hetero) is 3. The number of nitrogens with zero attached hydrogens (tertiary/aromatic N) is 4. The van der Waals surface area contributed by atoms with Gasteiger partial charge in [0.2, 0.25) is 5.95 Å². The fourth-order valence-electron chi connectivity index (χ4n) is 12.9. The van der Waals surface area contributed by atoms with E-state index in [1.807, 2.05) is 91.8 Å². The van der Waals surface area contributed by atoms with E-state index in [4.69, 9.17) is 14.2 Å². The Morgan fingerprint density at radius 2 is 0.755 bits per heavy atom. The Balaban J connectivity index is 0.000000202. The van der Waals surface area contributed by atoms with E-state index in [0.29, 0.717) is 88.9 Å². The van der Waals surface area contributed by atoms with E-state index >= 15 is 0 Å². The highest BCUT2D eigenvalue weighted by Crippen LogP contribution is 2.45. The highest BCUT2D eigenvalue weighted by atomic mass is 19.1. The average molecular weight is 1440 g/mol. The first-order valence-corrected chi connectivity index (χ1v) is 35.5. The predicted octanol–water partition coefficient (Wildman–Crippen LogP) is 15.2. The molecule has 556 valence electrons. The molecule has 3 atom stereocenters. The van der Waals surface area contributed by atoms with Crippen molar-refractivity contribution in [2.45, 2.75) is 156 Å². The van der Waals surface area contributed by atoms with Crippen molar-refractivity contribution in [2.24, 2.45) is 34.0 Å². The Morgan fingerprint density at radius 1 is 0.425 bits per heavy atom. The summed E-state index contributed by atoms with van der Waals surface area (Å²) in [5.74, 6) is -3.85. The molecule has 0 bridgehead atoms. The standard InChI is InChI=1S/C31H32FN3O4.C27H31FN2O4.C27H32N2O4/c1-18-14-21(23-10-9-22(32)17-35-23)15-19(2)26(18)27-25(39-30(38)31(3,4)5)16-20(28(27)36)11-13-34-29(37)24-8-6-7-12-33-24;1-15-12-16(2)22(17(3)13-15)23-20(34-26(33)27(4,5)6)14-18(24(23)31)10-11-29-25(32)19-8-7-9-21(28)30-19;1-16-13-17(2)22(18(3)14-16)23-21(33-26(32)27(4,5)6)15-19(24(23)30)10-12-29-25(31)20-9-7-8-11-28-20/h6-10,12,14-15,17,20H,11,13,16H2,1-5H3,(H,34,37);7-9,12-13,18H,10-11,14H2,1-6H3,(H,29,32);7-9,11,13-14,19H,10,12,15H2,1-6H3,(H,29,31). The SMILES string of the molecule is Cc1cc(-c2ccc(F)cn2)cc(C)c1C1=C(OC(=O)C(C)(C)C)CC(CCNC(=O)c2ccccn2)C1=O.Cc1cc(C)c(C2=C(OC(=O)C(C)(C)C)CC(CCNC(=O)c3cccc(F)n3)C2=O)c(C)c1.Cc1cc(C)c(C2=C(OC(=O)C(C)(C)C)CC(CCNC(=O)c3ccccn3)C2=O)c(C)c1. The number of esters is 3. The molecule has 3 aliphatic rings. The second-order valence-corrected chi connectivity index (χ2v) is 30.4. The molecule has 0 radical (unpaired) electrons. The van der Waals surface area contributed by atoms with Gasteiger partial charge < -0.3 is 30.2 Å². The van der Waals surface area contributed by atoms with Crippen molar-refractivity contribution in [2.75, 3.05) is 19.6 Å². The van der Waals surface area contributed by atoms with Gasteiger partial charge >= 0.3 is 17.9 Å². The van der Waals surface area contributed by atoms with Crippen LogP contribution in [-0.2, 0) is 43.0 Å². The van der Waals surface area contributed by atoms with Crippen molar-refractivity contribution < 1.29 is 66.1 Å². The third-order valence-corrected chi connectivity index (χ3v) is 18.2. The summed E-state index contributed by atoms with van der Waals surface area (Å²) in [5, 5.41) is 8.34. The average Bonchev–Trinajstić information content (AvgIpc) is 1.59. The lowest BCUT2D eigenvalue weighted by molar-refractivity contribution is -0.149. The molecule has 0 spiro atoms. The number of carbonyl (C=O) groups excluding carboxylic acids is 9. The highest BCUT2D eigenvalue weighted by molar-refractivity contribution is 6.27. The van der Waals surface area contributed by atoms with Crippen LogP contribution in [0.25, 0.3) is 28.0 Å². The van der Waals surface area contributed by atoms with E-state index in [0.717, 1.165) is 73.5 Å². The maximum Gasteiger partial charge on any atom is 0.316 e. The Labute approximate surface area is 619 Å². The molecule has 19 nitrogen and oxygen atoms in total. The van der Waals surface area contributed by atoms with Crippen LogP contribution in [0.15, 0.2) is 139 Å². The lowest BCUT2D eigenvalue weighted by atomic mass is 9.89. The molecule has 3 N–H and O–H groups in total. The number of hydrogen-bond acceptors (Lipinski definition) is 16. The summed E-state index contributed by atoms with van der Waals surface area (Å²) in [6, 6.07) is 29.0. The van der Waals surface area contributed by atoms with E-state index < -0.39 is 57.7 Å². The van der Waals surface area contributed by atoms with Gasteiger partial charge in [-0.2, -0.15) is 4.39 Å². The number of benzene rings is 3. The third kappa shape index (κ3) is 20.4. The zero-order valence-electron chi connectivity index (χ0n) is 63.6. The molecule has 106 heavy (non-hydrogen) atoms. The van der Waals surface area contributed by atoms with Crippen molar-refractivity contribution in [1.82, 2.24) is 35.9 Å². The monoisotopic (exact) mass is 1440 g/mol. The van der Waals surface area contributed by atoms with Gasteiger partial charge in [-0.3, -0.25) is 58.1 Å². The molecule has 4 heterocycles. The lowest BCUT2D eigenvalue weighted by Crippen LogP contribution is -2.28. The van der Waals surface area contributed by atoms with Crippen LogP contribution in [0.3, 0.4) is 0 Å². The second-order valence-electron chi connectivity index (χ2n) is 30.4. The predicted molar refractivity (Wildman–Crippen MR) is 401 cm³/mol. The first kappa shape index (κ1) is 80.8. The zero-order chi connectivity index (χ0) is 77.9. The number of ketones is 3. The molecule has 0 aliphatic heterocycles. The number of aromatic nitrogens is 4. The minimum absolute atomic E-state index is 0.0257. The number of amides is 3. The van der Waals surface area contributed by atoms with Gasteiger partial charge in [-0.05, 0) is 248 Å². The van der Waals surface area contributed by atoms with Crippen LogP contribution < -0.4 is 16.0 Å². The maximum absolute atomic E-state index is 13.8. The number of pyridine rings is 4. The van der Waals surface area contributed by atoms with Crippen LogP contribution >= 0.6 is 0 Å². The first-order valence-electron chi connectivity index (χ1n) is 35.5. The van der Waals surface area contributed by atoms with Crippen LogP contribution in [0.2, 0.25) is 0 Å². The Bertz CT molecular complexity index is 4590. The van der Waals surface area contributed by atoms with Gasteiger partial charge in [0, 0.05) is 74.6 Å². The topological polar surface area (TPSA) is 269 Å². The molecule has 10 rings (SSSR count). The fraction of sp³-hybridized carbons (Fsp3) is 0.376. The summed E-state index contributed by atoms with van der Waals surface area (Å²) in [7, 11) is 0. The van der Waals surface area contributed by atoms with Crippen molar-refractivity contribution >= 4 is 69.7 Å². The number of hydrogen-bond donors (Lipinski definition) is 3. The third-order valence-electron chi connectivity index (χ3n) is 18.2. The molecule has 3 aromatic carbocycles. The number of allylic oxidation sites excluding steroid dienone is 6. The lowest BCUT2D eigenvalue weighted by Gasteiger charge is -2.19. The van der Waals surface area contributed by atoms with Crippen LogP contribution in [0.1, 0.15) is 194 Å².